The number of hydrogen-bond acceptors (Lipinski definition) is 7. The number of amides is 1. The highest BCUT2D eigenvalue weighted by molar-refractivity contribution is 5.82. The third kappa shape index (κ3) is 5.23. The van der Waals surface area contributed by atoms with Gasteiger partial charge in [-0.2, -0.15) is 0 Å². The Kier molecular flexibility index (Phi) is 6.28. The van der Waals surface area contributed by atoms with E-state index in [2.05, 4.69) is 42.7 Å². The normalized spacial score (nSPS) is 11.9. The van der Waals surface area contributed by atoms with Crippen LogP contribution >= 0.6 is 0 Å². The van der Waals surface area contributed by atoms with Crippen molar-refractivity contribution in [2.75, 3.05) is 5.32 Å². The van der Waals surface area contributed by atoms with Crippen LogP contribution in [0.4, 0.5) is 5.82 Å². The highest BCUT2D eigenvalue weighted by atomic mass is 16.1. The molecule has 0 aliphatic carbocycles. The fourth-order valence-corrected chi connectivity index (χ4v) is 3.98. The van der Waals surface area contributed by atoms with Gasteiger partial charge in [-0.25, -0.2) is 4.98 Å². The summed E-state index contributed by atoms with van der Waals surface area (Å²) in [6.45, 7) is 1.91. The number of anilines is 1. The molecule has 3 heterocycles. The highest BCUT2D eigenvalue weighted by Crippen LogP contribution is 2.23. The first-order valence-corrected chi connectivity index (χ1v) is 11.3. The topological polar surface area (TPSA) is 119 Å². The number of aromatic nitrogens is 4. The first kappa shape index (κ1) is 22.4. The molecule has 1 amide bonds. The second kappa shape index (κ2) is 9.82. The van der Waals surface area contributed by atoms with Gasteiger partial charge in [0.1, 0.15) is 12.0 Å². The van der Waals surface area contributed by atoms with Gasteiger partial charge in [0.25, 0.3) is 0 Å². The number of rotatable bonds is 7. The fraction of sp³-hybridized carbons (Fsp3) is 0.148. The molecule has 5 aromatic rings. The molecule has 3 aromatic heterocycles. The van der Waals surface area contributed by atoms with Gasteiger partial charge in [-0.05, 0) is 46.8 Å². The van der Waals surface area contributed by atoms with Crippen molar-refractivity contribution in [3.05, 3.63) is 102 Å². The number of nitrogens with zero attached hydrogens (tertiary/aromatic N) is 4. The van der Waals surface area contributed by atoms with E-state index in [1.54, 1.807) is 18.6 Å². The van der Waals surface area contributed by atoms with Crippen LogP contribution in [0.15, 0.2) is 79.4 Å². The number of benzene rings is 2. The molecule has 0 saturated heterocycles. The maximum Gasteiger partial charge on any atom is 0.217 e. The standard InChI is InChI=1S/C27H25N7O/c1-17(35)32-16-23-6-5-20-12-18(2-7-24(20)33-23)13-25-27(31-11-10-30-25)34-26(28)21-3-4-22-15-29-9-8-19(22)14-21/h2-12,14-15,26H,13,16,28H2,1H3,(H,31,34)(H,32,35). The highest BCUT2D eigenvalue weighted by Gasteiger charge is 2.13. The maximum absolute atomic E-state index is 11.2. The van der Waals surface area contributed by atoms with E-state index < -0.39 is 6.17 Å². The Morgan fingerprint density at radius 2 is 1.80 bits per heavy atom. The molecule has 8 heteroatoms. The summed E-state index contributed by atoms with van der Waals surface area (Å²) < 4.78 is 0. The first-order valence-electron chi connectivity index (χ1n) is 11.3. The maximum atomic E-state index is 11.2. The van der Waals surface area contributed by atoms with Gasteiger partial charge in [0.2, 0.25) is 5.91 Å². The minimum Gasteiger partial charge on any atom is -0.351 e. The molecule has 0 bridgehead atoms. The number of pyridine rings is 2. The summed E-state index contributed by atoms with van der Waals surface area (Å²) in [6.07, 6.45) is 7.11. The van der Waals surface area contributed by atoms with E-state index >= 15 is 0 Å². The smallest absolute Gasteiger partial charge is 0.217 e. The van der Waals surface area contributed by atoms with E-state index in [-0.39, 0.29) is 5.91 Å². The van der Waals surface area contributed by atoms with Gasteiger partial charge >= 0.3 is 0 Å². The van der Waals surface area contributed by atoms with Crippen LogP contribution in [0.5, 0.6) is 0 Å². The number of carbonyl (C=O) groups excluding carboxylic acids is 1. The Balaban J connectivity index is 1.34. The zero-order valence-electron chi connectivity index (χ0n) is 19.3. The van der Waals surface area contributed by atoms with Gasteiger partial charge in [-0.1, -0.05) is 24.3 Å². The van der Waals surface area contributed by atoms with Crippen molar-refractivity contribution in [3.63, 3.8) is 0 Å². The van der Waals surface area contributed by atoms with E-state index in [4.69, 9.17) is 5.73 Å². The van der Waals surface area contributed by atoms with E-state index in [0.29, 0.717) is 18.8 Å². The lowest BCUT2D eigenvalue weighted by Crippen LogP contribution is -2.21. The van der Waals surface area contributed by atoms with Gasteiger partial charge in [0.15, 0.2) is 0 Å². The van der Waals surface area contributed by atoms with E-state index in [9.17, 15) is 4.79 Å². The van der Waals surface area contributed by atoms with E-state index in [0.717, 1.165) is 44.2 Å². The van der Waals surface area contributed by atoms with Crippen molar-refractivity contribution in [2.24, 2.45) is 5.73 Å². The molecule has 5 rings (SSSR count). The van der Waals surface area contributed by atoms with E-state index in [1.807, 2.05) is 48.7 Å². The third-order valence-electron chi connectivity index (χ3n) is 5.79. The fourth-order valence-electron chi connectivity index (χ4n) is 3.98. The molecular weight excluding hydrogens is 438 g/mol. The Bertz CT molecular complexity index is 1520. The number of carbonyl (C=O) groups is 1. The number of hydrogen-bond donors (Lipinski definition) is 3. The second-order valence-electron chi connectivity index (χ2n) is 8.37. The van der Waals surface area contributed by atoms with Crippen molar-refractivity contribution in [1.29, 1.82) is 0 Å². The molecule has 4 N–H and O–H groups in total. The van der Waals surface area contributed by atoms with Crippen molar-refractivity contribution in [2.45, 2.75) is 26.1 Å². The van der Waals surface area contributed by atoms with Crippen LogP contribution in [0.3, 0.4) is 0 Å². The number of nitrogens with one attached hydrogen (secondary N) is 2. The second-order valence-corrected chi connectivity index (χ2v) is 8.37. The Hall–Kier alpha value is -4.43. The summed E-state index contributed by atoms with van der Waals surface area (Å²) >= 11 is 0. The lowest BCUT2D eigenvalue weighted by Gasteiger charge is -2.17. The van der Waals surface area contributed by atoms with Gasteiger partial charge in [0, 0.05) is 48.9 Å². The van der Waals surface area contributed by atoms with Crippen LogP contribution < -0.4 is 16.4 Å². The van der Waals surface area contributed by atoms with Gasteiger partial charge in [-0.15, -0.1) is 0 Å². The molecule has 0 fully saturated rings. The zero-order chi connectivity index (χ0) is 24.2. The average molecular weight is 464 g/mol. The molecule has 8 nitrogen and oxygen atoms in total. The molecule has 174 valence electrons. The summed E-state index contributed by atoms with van der Waals surface area (Å²) in [7, 11) is 0. The molecule has 0 spiro atoms. The largest absolute Gasteiger partial charge is 0.351 e. The molecule has 0 saturated carbocycles. The summed E-state index contributed by atoms with van der Waals surface area (Å²) in [4.78, 5) is 29.0. The van der Waals surface area contributed by atoms with Crippen molar-refractivity contribution in [3.8, 4) is 0 Å². The molecule has 0 aliphatic heterocycles. The summed E-state index contributed by atoms with van der Waals surface area (Å²) in [5.74, 6) is 0.576. The summed E-state index contributed by atoms with van der Waals surface area (Å²) in [5, 5.41) is 9.27. The van der Waals surface area contributed by atoms with Gasteiger partial charge < -0.3 is 16.4 Å². The van der Waals surface area contributed by atoms with Crippen molar-refractivity contribution in [1.82, 2.24) is 25.3 Å². The average Bonchev–Trinajstić information content (AvgIpc) is 2.88. The lowest BCUT2D eigenvalue weighted by molar-refractivity contribution is -0.119. The van der Waals surface area contributed by atoms with Crippen molar-refractivity contribution >= 4 is 33.4 Å². The first-order chi connectivity index (χ1) is 17.0. The lowest BCUT2D eigenvalue weighted by atomic mass is 10.1. The molecule has 0 aliphatic rings. The summed E-state index contributed by atoms with van der Waals surface area (Å²) in [5.41, 5.74) is 11.0. The summed E-state index contributed by atoms with van der Waals surface area (Å²) in [6, 6.07) is 18.1. The van der Waals surface area contributed by atoms with Crippen LogP contribution in [0.1, 0.15) is 35.6 Å². The van der Waals surface area contributed by atoms with Crippen LogP contribution in [0.25, 0.3) is 21.7 Å². The predicted octanol–water partition coefficient (Wildman–Crippen LogP) is 3.87. The van der Waals surface area contributed by atoms with Crippen LogP contribution in [0, 0.1) is 0 Å². The molecule has 35 heavy (non-hydrogen) atoms. The Labute approximate surface area is 202 Å². The molecule has 0 radical (unpaired) electrons. The number of fused-ring (bicyclic) bond motifs is 2. The van der Waals surface area contributed by atoms with Crippen LogP contribution in [-0.2, 0) is 17.8 Å². The van der Waals surface area contributed by atoms with Crippen molar-refractivity contribution < 1.29 is 4.79 Å². The van der Waals surface area contributed by atoms with Gasteiger partial charge in [0.05, 0.1) is 23.4 Å². The molecule has 1 unspecified atom stereocenters. The minimum atomic E-state index is -0.439. The van der Waals surface area contributed by atoms with E-state index in [1.165, 1.54) is 6.92 Å². The molecule has 1 atom stereocenters. The quantitative estimate of drug-likeness (QED) is 0.314. The Morgan fingerprint density at radius 1 is 0.943 bits per heavy atom. The molecular formula is C27H25N7O. The predicted molar refractivity (Wildman–Crippen MR) is 136 cm³/mol. The SMILES string of the molecule is CC(=O)NCc1ccc2cc(Cc3nccnc3NC(N)c3ccc4cnccc4c3)ccc2n1. The van der Waals surface area contributed by atoms with Gasteiger partial charge in [-0.3, -0.25) is 19.7 Å². The third-order valence-corrected chi connectivity index (χ3v) is 5.79. The monoisotopic (exact) mass is 463 g/mol. The van der Waals surface area contributed by atoms with Crippen LogP contribution in [-0.4, -0.2) is 25.8 Å². The molecule has 2 aromatic carbocycles. The van der Waals surface area contributed by atoms with Crippen LogP contribution in [0.2, 0.25) is 0 Å². The Morgan fingerprint density at radius 3 is 2.69 bits per heavy atom. The minimum absolute atomic E-state index is 0.0757. The zero-order valence-corrected chi connectivity index (χ0v) is 19.3. The number of nitrogens with two attached hydrogens (primary N) is 1.